The summed E-state index contributed by atoms with van der Waals surface area (Å²) in [5.41, 5.74) is 2.26. The second-order valence-electron chi connectivity index (χ2n) is 6.76. The zero-order chi connectivity index (χ0) is 21.5. The minimum atomic E-state index is -3.76. The first kappa shape index (κ1) is 21.4. The number of hydrogen-bond donors (Lipinski definition) is 1. The molecule has 29 heavy (non-hydrogen) atoms. The summed E-state index contributed by atoms with van der Waals surface area (Å²) in [6.07, 6.45) is 1.05. The van der Waals surface area contributed by atoms with E-state index >= 15 is 0 Å². The van der Waals surface area contributed by atoms with Gasteiger partial charge in [-0.3, -0.25) is 13.9 Å². The molecule has 7 nitrogen and oxygen atoms in total. The third-order valence-electron chi connectivity index (χ3n) is 4.56. The molecule has 0 aliphatic rings. The van der Waals surface area contributed by atoms with Crippen molar-refractivity contribution in [2.24, 2.45) is 7.05 Å². The molecule has 0 saturated heterocycles. The Bertz CT molecular complexity index is 1260. The molecule has 0 spiro atoms. The van der Waals surface area contributed by atoms with Crippen LogP contribution in [0.2, 0.25) is 5.02 Å². The second kappa shape index (κ2) is 7.81. The van der Waals surface area contributed by atoms with Crippen molar-refractivity contribution in [1.82, 2.24) is 4.57 Å². The Kier molecular flexibility index (Phi) is 5.75. The first-order chi connectivity index (χ1) is 13.5. The number of nitrogens with zero attached hydrogens (tertiary/aromatic N) is 2. The third kappa shape index (κ3) is 4.31. The summed E-state index contributed by atoms with van der Waals surface area (Å²) in [5, 5.41) is 3.11. The Morgan fingerprint density at radius 2 is 1.93 bits per heavy atom. The van der Waals surface area contributed by atoms with E-state index in [1.54, 1.807) is 44.3 Å². The maximum absolute atomic E-state index is 12.9. The molecule has 0 fully saturated rings. The van der Waals surface area contributed by atoms with E-state index < -0.39 is 22.0 Å². The van der Waals surface area contributed by atoms with Gasteiger partial charge in [0.15, 0.2) is 0 Å². The van der Waals surface area contributed by atoms with Crippen molar-refractivity contribution in [3.63, 3.8) is 0 Å². The fraction of sp³-hybridized carbons (Fsp3) is 0.263. The molecule has 1 N–H and O–H groups in total. The molecule has 10 heteroatoms. The first-order valence-corrected chi connectivity index (χ1v) is 11.7. The average Bonchev–Trinajstić information content (AvgIpc) is 2.90. The van der Waals surface area contributed by atoms with Crippen LogP contribution >= 0.6 is 22.9 Å². The van der Waals surface area contributed by atoms with Crippen molar-refractivity contribution in [2.45, 2.75) is 19.9 Å². The Morgan fingerprint density at radius 1 is 1.24 bits per heavy atom. The number of fused-ring (bicyclic) bond motifs is 1. The summed E-state index contributed by atoms with van der Waals surface area (Å²) in [6, 6.07) is 8.97. The maximum atomic E-state index is 12.9. The van der Waals surface area contributed by atoms with E-state index in [0.717, 1.165) is 32.1 Å². The van der Waals surface area contributed by atoms with Gasteiger partial charge in [-0.05, 0) is 49.7 Å². The number of hydrogen-bond acceptors (Lipinski definition) is 5. The van der Waals surface area contributed by atoms with E-state index in [0.29, 0.717) is 22.0 Å². The minimum absolute atomic E-state index is 0.100. The predicted molar refractivity (Wildman–Crippen MR) is 119 cm³/mol. The van der Waals surface area contributed by atoms with Crippen LogP contribution in [0, 0.1) is 6.92 Å². The zero-order valence-electron chi connectivity index (χ0n) is 16.3. The zero-order valence-corrected chi connectivity index (χ0v) is 18.7. The first-order valence-electron chi connectivity index (χ1n) is 8.65. The summed E-state index contributed by atoms with van der Waals surface area (Å²) < 4.78 is 28.3. The predicted octanol–water partition coefficient (Wildman–Crippen LogP) is 3.36. The number of aromatic nitrogens is 1. The van der Waals surface area contributed by atoms with Gasteiger partial charge in [0, 0.05) is 17.8 Å². The molecule has 1 heterocycles. The lowest BCUT2D eigenvalue weighted by molar-refractivity contribution is -0.116. The highest BCUT2D eigenvalue weighted by Gasteiger charge is 2.30. The van der Waals surface area contributed by atoms with E-state index in [-0.39, 0.29) is 4.87 Å². The van der Waals surface area contributed by atoms with Crippen molar-refractivity contribution in [3.05, 3.63) is 56.7 Å². The van der Waals surface area contributed by atoms with Crippen molar-refractivity contribution in [1.29, 1.82) is 0 Å². The highest BCUT2D eigenvalue weighted by atomic mass is 35.5. The molecule has 0 aliphatic heterocycles. The van der Waals surface area contributed by atoms with Gasteiger partial charge in [0.05, 0.1) is 22.2 Å². The third-order valence-corrected chi connectivity index (χ3v) is 7.01. The standard InChI is InChI=1S/C19H20ClN3O4S2/c1-11-5-6-13(20)9-16(11)23(29(4,26)27)12(2)18(24)21-14-7-8-15-17(10-14)28-19(25)22(15)3/h5-10,12H,1-4H3,(H,21,24)/t12-/m0/s1. The van der Waals surface area contributed by atoms with Gasteiger partial charge in [0.25, 0.3) is 0 Å². The molecule has 1 aromatic heterocycles. The normalized spacial score (nSPS) is 12.7. The highest BCUT2D eigenvalue weighted by Crippen LogP contribution is 2.29. The number of carbonyl (C=O) groups excluding carboxylic acids is 1. The molecule has 0 radical (unpaired) electrons. The molecule has 1 amide bonds. The lowest BCUT2D eigenvalue weighted by Gasteiger charge is -2.29. The number of anilines is 2. The molecule has 154 valence electrons. The summed E-state index contributed by atoms with van der Waals surface area (Å²) in [6.45, 7) is 3.26. The number of benzene rings is 2. The molecule has 2 aromatic carbocycles. The quantitative estimate of drug-likeness (QED) is 0.641. The van der Waals surface area contributed by atoms with Gasteiger partial charge in [0.2, 0.25) is 15.9 Å². The lowest BCUT2D eigenvalue weighted by atomic mass is 10.1. The Labute approximate surface area is 177 Å². The number of sulfonamides is 1. The number of amides is 1. The molecule has 0 unspecified atom stereocenters. The molecule has 0 aliphatic carbocycles. The van der Waals surface area contributed by atoms with Gasteiger partial charge in [-0.2, -0.15) is 0 Å². The number of rotatable bonds is 5. The van der Waals surface area contributed by atoms with E-state index in [1.807, 2.05) is 0 Å². The fourth-order valence-electron chi connectivity index (χ4n) is 3.06. The minimum Gasteiger partial charge on any atom is -0.324 e. The van der Waals surface area contributed by atoms with Gasteiger partial charge in [0.1, 0.15) is 6.04 Å². The second-order valence-corrected chi connectivity index (χ2v) is 10.1. The molecule has 3 rings (SSSR count). The van der Waals surface area contributed by atoms with Crippen molar-refractivity contribution < 1.29 is 13.2 Å². The smallest absolute Gasteiger partial charge is 0.307 e. The molecule has 0 bridgehead atoms. The molecule has 3 aromatic rings. The fourth-order valence-corrected chi connectivity index (χ4v) is 5.37. The highest BCUT2D eigenvalue weighted by molar-refractivity contribution is 7.92. The number of aryl methyl sites for hydroxylation is 2. The van der Waals surface area contributed by atoms with Crippen LogP contribution in [0.15, 0.2) is 41.2 Å². The summed E-state index contributed by atoms with van der Waals surface area (Å²) >= 11 is 7.12. The van der Waals surface area contributed by atoms with Crippen LogP contribution in [-0.4, -0.2) is 31.2 Å². The SMILES string of the molecule is Cc1ccc(Cl)cc1N([C@@H](C)C(=O)Nc1ccc2c(c1)sc(=O)n2C)S(C)(=O)=O. The Morgan fingerprint density at radius 3 is 2.59 bits per heavy atom. The number of nitrogens with one attached hydrogen (secondary N) is 1. The number of halogens is 1. The van der Waals surface area contributed by atoms with E-state index in [2.05, 4.69) is 5.32 Å². The van der Waals surface area contributed by atoms with Crippen LogP contribution < -0.4 is 14.5 Å². The molecular weight excluding hydrogens is 434 g/mol. The molecular formula is C19H20ClN3O4S2. The van der Waals surface area contributed by atoms with Crippen LogP contribution in [0.25, 0.3) is 10.2 Å². The average molecular weight is 454 g/mol. The Balaban J connectivity index is 1.94. The molecule has 0 saturated carbocycles. The maximum Gasteiger partial charge on any atom is 0.307 e. The largest absolute Gasteiger partial charge is 0.324 e. The van der Waals surface area contributed by atoms with Crippen LogP contribution in [0.3, 0.4) is 0 Å². The van der Waals surface area contributed by atoms with Crippen molar-refractivity contribution in [2.75, 3.05) is 15.9 Å². The van der Waals surface area contributed by atoms with Gasteiger partial charge in [-0.15, -0.1) is 0 Å². The van der Waals surface area contributed by atoms with Crippen LogP contribution in [-0.2, 0) is 21.9 Å². The lowest BCUT2D eigenvalue weighted by Crippen LogP contribution is -2.45. The van der Waals surface area contributed by atoms with Gasteiger partial charge >= 0.3 is 4.87 Å². The monoisotopic (exact) mass is 453 g/mol. The van der Waals surface area contributed by atoms with Gasteiger partial charge < -0.3 is 9.88 Å². The van der Waals surface area contributed by atoms with Crippen LogP contribution in [0.5, 0.6) is 0 Å². The molecule has 1 atom stereocenters. The van der Waals surface area contributed by atoms with E-state index in [1.165, 1.54) is 17.6 Å². The summed E-state index contributed by atoms with van der Waals surface area (Å²) in [7, 11) is -2.08. The van der Waals surface area contributed by atoms with Crippen molar-refractivity contribution >= 4 is 60.5 Å². The topological polar surface area (TPSA) is 88.5 Å². The summed E-state index contributed by atoms with van der Waals surface area (Å²) in [5.74, 6) is -0.502. The van der Waals surface area contributed by atoms with Crippen LogP contribution in [0.4, 0.5) is 11.4 Å². The van der Waals surface area contributed by atoms with Gasteiger partial charge in [-0.1, -0.05) is 29.0 Å². The number of thiazole rings is 1. The number of carbonyl (C=O) groups is 1. The van der Waals surface area contributed by atoms with E-state index in [9.17, 15) is 18.0 Å². The van der Waals surface area contributed by atoms with E-state index in [4.69, 9.17) is 11.6 Å². The van der Waals surface area contributed by atoms with Gasteiger partial charge in [-0.25, -0.2) is 8.42 Å². The summed E-state index contributed by atoms with van der Waals surface area (Å²) in [4.78, 5) is 24.6. The van der Waals surface area contributed by atoms with Crippen molar-refractivity contribution in [3.8, 4) is 0 Å². The van der Waals surface area contributed by atoms with Crippen LogP contribution in [0.1, 0.15) is 12.5 Å². The Hall–Kier alpha value is -2.36.